The first kappa shape index (κ1) is 12.9. The Balaban J connectivity index is 2.00. The van der Waals surface area contributed by atoms with Crippen LogP contribution < -0.4 is 11.1 Å². The maximum atomic E-state index is 12.1. The van der Waals surface area contributed by atoms with Gasteiger partial charge in [-0.1, -0.05) is 26.7 Å². The number of rotatable bonds is 3. The minimum atomic E-state index is -0.100. The van der Waals surface area contributed by atoms with Gasteiger partial charge in [-0.15, -0.1) is 0 Å². The molecule has 1 aromatic heterocycles. The van der Waals surface area contributed by atoms with Crippen molar-refractivity contribution in [3.63, 3.8) is 0 Å². The van der Waals surface area contributed by atoms with Gasteiger partial charge in [-0.3, -0.25) is 9.89 Å². The number of nitrogen functional groups attached to an aromatic ring is 1. The highest BCUT2D eigenvalue weighted by Crippen LogP contribution is 2.30. The summed E-state index contributed by atoms with van der Waals surface area (Å²) in [6, 6.07) is 1.85. The van der Waals surface area contributed by atoms with Gasteiger partial charge in [-0.2, -0.15) is 5.10 Å². The van der Waals surface area contributed by atoms with Crippen LogP contribution in [0.1, 0.15) is 50.0 Å². The average molecular weight is 250 g/mol. The highest BCUT2D eigenvalue weighted by Gasteiger charge is 2.29. The number of hydrogen-bond donors (Lipinski definition) is 3. The normalized spacial score (nSPS) is 24.2. The second-order valence-electron chi connectivity index (χ2n) is 5.48. The summed E-state index contributed by atoms with van der Waals surface area (Å²) in [6.45, 7) is 4.45. The number of aromatic nitrogens is 2. The number of nitrogens with zero attached hydrogens (tertiary/aromatic N) is 1. The van der Waals surface area contributed by atoms with Crippen molar-refractivity contribution in [1.29, 1.82) is 0 Å². The fourth-order valence-corrected chi connectivity index (χ4v) is 2.84. The van der Waals surface area contributed by atoms with Crippen LogP contribution >= 0.6 is 0 Å². The Morgan fingerprint density at radius 2 is 2.22 bits per heavy atom. The van der Waals surface area contributed by atoms with E-state index >= 15 is 0 Å². The maximum Gasteiger partial charge on any atom is 0.269 e. The van der Waals surface area contributed by atoms with Crippen molar-refractivity contribution in [2.24, 2.45) is 11.8 Å². The van der Waals surface area contributed by atoms with Gasteiger partial charge in [0.1, 0.15) is 11.5 Å². The highest BCUT2D eigenvalue weighted by molar-refractivity contribution is 5.93. The molecule has 1 aromatic rings. The molecule has 5 nitrogen and oxygen atoms in total. The monoisotopic (exact) mass is 250 g/mol. The quantitative estimate of drug-likeness (QED) is 0.766. The van der Waals surface area contributed by atoms with E-state index in [1.165, 1.54) is 19.3 Å². The smallest absolute Gasteiger partial charge is 0.269 e. The minimum Gasteiger partial charge on any atom is -0.382 e. The van der Waals surface area contributed by atoms with Gasteiger partial charge >= 0.3 is 0 Å². The van der Waals surface area contributed by atoms with Crippen LogP contribution in [0.5, 0.6) is 0 Å². The second kappa shape index (κ2) is 5.42. The lowest BCUT2D eigenvalue weighted by molar-refractivity contribution is 0.0884. The van der Waals surface area contributed by atoms with E-state index < -0.39 is 0 Å². The number of carbonyl (C=O) groups excluding carboxylic acids is 1. The zero-order valence-electron chi connectivity index (χ0n) is 11.1. The third kappa shape index (κ3) is 2.83. The molecule has 0 radical (unpaired) electrons. The summed E-state index contributed by atoms with van der Waals surface area (Å²) in [6.07, 6.45) is 4.73. The first-order valence-electron chi connectivity index (χ1n) is 6.69. The van der Waals surface area contributed by atoms with Gasteiger partial charge < -0.3 is 11.1 Å². The minimum absolute atomic E-state index is 0.100. The molecule has 0 saturated heterocycles. The predicted molar refractivity (Wildman–Crippen MR) is 71.1 cm³/mol. The van der Waals surface area contributed by atoms with E-state index in [9.17, 15) is 4.79 Å². The Morgan fingerprint density at radius 3 is 2.83 bits per heavy atom. The van der Waals surface area contributed by atoms with Crippen LogP contribution in [-0.4, -0.2) is 22.1 Å². The lowest BCUT2D eigenvalue weighted by Gasteiger charge is -2.34. The zero-order chi connectivity index (χ0) is 13.1. The lowest BCUT2D eigenvalue weighted by atomic mass is 9.78. The molecule has 1 aliphatic carbocycles. The van der Waals surface area contributed by atoms with E-state index in [0.717, 1.165) is 6.42 Å². The Labute approximate surface area is 108 Å². The molecule has 1 heterocycles. The molecule has 1 aliphatic rings. The van der Waals surface area contributed by atoms with Crippen molar-refractivity contribution in [3.05, 3.63) is 11.8 Å². The number of anilines is 1. The van der Waals surface area contributed by atoms with Crippen molar-refractivity contribution in [2.75, 3.05) is 5.73 Å². The molecule has 18 heavy (non-hydrogen) atoms. The molecule has 0 aliphatic heterocycles. The molecule has 1 saturated carbocycles. The second-order valence-corrected chi connectivity index (χ2v) is 5.48. The van der Waals surface area contributed by atoms with E-state index in [4.69, 9.17) is 5.73 Å². The molecule has 1 fully saturated rings. The van der Waals surface area contributed by atoms with Crippen LogP contribution in [0, 0.1) is 11.8 Å². The van der Waals surface area contributed by atoms with Crippen LogP contribution in [0.15, 0.2) is 6.07 Å². The fraction of sp³-hybridized carbons (Fsp3) is 0.692. The Bertz CT molecular complexity index is 413. The van der Waals surface area contributed by atoms with Crippen LogP contribution in [0.25, 0.3) is 0 Å². The van der Waals surface area contributed by atoms with Crippen LogP contribution in [0.2, 0.25) is 0 Å². The number of amides is 1. The van der Waals surface area contributed by atoms with Crippen molar-refractivity contribution >= 4 is 11.7 Å². The molecule has 2 atom stereocenters. The summed E-state index contributed by atoms with van der Waals surface area (Å²) in [5.41, 5.74) is 5.95. The molecule has 1 amide bonds. The molecule has 2 unspecified atom stereocenters. The topological polar surface area (TPSA) is 83.8 Å². The molecular formula is C13H22N4O. The number of carbonyl (C=O) groups is 1. The molecule has 2 rings (SSSR count). The van der Waals surface area contributed by atoms with Crippen molar-refractivity contribution < 1.29 is 4.79 Å². The zero-order valence-corrected chi connectivity index (χ0v) is 11.1. The van der Waals surface area contributed by atoms with Gasteiger partial charge in [-0.25, -0.2) is 0 Å². The van der Waals surface area contributed by atoms with Crippen molar-refractivity contribution in [1.82, 2.24) is 15.5 Å². The Hall–Kier alpha value is -1.52. The number of H-pyrrole nitrogens is 1. The van der Waals surface area contributed by atoms with E-state index in [1.807, 2.05) is 0 Å². The molecule has 100 valence electrons. The van der Waals surface area contributed by atoms with E-state index in [2.05, 4.69) is 29.4 Å². The van der Waals surface area contributed by atoms with E-state index in [1.54, 1.807) is 6.07 Å². The summed E-state index contributed by atoms with van der Waals surface area (Å²) in [7, 11) is 0. The van der Waals surface area contributed by atoms with Gasteiger partial charge in [0.2, 0.25) is 0 Å². The summed E-state index contributed by atoms with van der Waals surface area (Å²) >= 11 is 0. The summed E-state index contributed by atoms with van der Waals surface area (Å²) < 4.78 is 0. The molecule has 4 N–H and O–H groups in total. The predicted octanol–water partition coefficient (Wildman–Crippen LogP) is 1.94. The molecule has 0 bridgehead atoms. The van der Waals surface area contributed by atoms with Crippen LogP contribution in [0.3, 0.4) is 0 Å². The van der Waals surface area contributed by atoms with Gasteiger partial charge in [0.25, 0.3) is 5.91 Å². The van der Waals surface area contributed by atoms with Crippen molar-refractivity contribution in [2.45, 2.75) is 45.6 Å². The lowest BCUT2D eigenvalue weighted by Crippen LogP contribution is -2.44. The number of aromatic amines is 1. The van der Waals surface area contributed by atoms with Gasteiger partial charge in [0.05, 0.1) is 0 Å². The maximum absolute atomic E-state index is 12.1. The van der Waals surface area contributed by atoms with E-state index in [0.29, 0.717) is 23.3 Å². The van der Waals surface area contributed by atoms with Crippen LogP contribution in [0.4, 0.5) is 5.82 Å². The van der Waals surface area contributed by atoms with Gasteiger partial charge in [-0.05, 0) is 24.7 Å². The largest absolute Gasteiger partial charge is 0.382 e. The van der Waals surface area contributed by atoms with Crippen molar-refractivity contribution in [3.8, 4) is 0 Å². The SMILES string of the molecule is CC(C)C1CCCCC1NC(=O)c1cc(N)n[nH]1. The number of hydrogen-bond acceptors (Lipinski definition) is 3. The number of nitrogens with one attached hydrogen (secondary N) is 2. The Kier molecular flexibility index (Phi) is 3.89. The summed E-state index contributed by atoms with van der Waals surface area (Å²) in [5, 5.41) is 9.54. The molecule has 0 spiro atoms. The fourth-order valence-electron chi connectivity index (χ4n) is 2.84. The number of nitrogens with two attached hydrogens (primary N) is 1. The third-order valence-electron chi connectivity index (χ3n) is 3.83. The van der Waals surface area contributed by atoms with Crippen LogP contribution in [-0.2, 0) is 0 Å². The van der Waals surface area contributed by atoms with Gasteiger partial charge in [0.15, 0.2) is 0 Å². The molecule has 5 heteroatoms. The third-order valence-corrected chi connectivity index (χ3v) is 3.83. The van der Waals surface area contributed by atoms with E-state index in [-0.39, 0.29) is 11.9 Å². The van der Waals surface area contributed by atoms with Gasteiger partial charge in [0, 0.05) is 12.1 Å². The first-order chi connectivity index (χ1) is 8.58. The molecule has 0 aromatic carbocycles. The highest BCUT2D eigenvalue weighted by atomic mass is 16.2. The summed E-state index contributed by atoms with van der Waals surface area (Å²) in [4.78, 5) is 12.1. The standard InChI is InChI=1S/C13H22N4O/c1-8(2)9-5-3-4-6-10(9)15-13(18)11-7-12(14)17-16-11/h7-10H,3-6H2,1-2H3,(H,15,18)(H3,14,16,17). The average Bonchev–Trinajstić information content (AvgIpc) is 2.76. The molecular weight excluding hydrogens is 228 g/mol. The Morgan fingerprint density at radius 1 is 1.50 bits per heavy atom. The first-order valence-corrected chi connectivity index (χ1v) is 6.69. The summed E-state index contributed by atoms with van der Waals surface area (Å²) in [5.74, 6) is 1.42.